The molecule has 0 saturated carbocycles. The molecule has 1 aromatic heterocycles. The van der Waals surface area contributed by atoms with Gasteiger partial charge in [-0.1, -0.05) is 12.8 Å². The van der Waals surface area contributed by atoms with Gasteiger partial charge in [0.1, 0.15) is 0 Å². The second-order valence-corrected chi connectivity index (χ2v) is 5.98. The summed E-state index contributed by atoms with van der Waals surface area (Å²) >= 11 is 1.64. The predicted octanol–water partition coefficient (Wildman–Crippen LogP) is 3.37. The van der Waals surface area contributed by atoms with E-state index in [4.69, 9.17) is 0 Å². The number of aryl methyl sites for hydroxylation is 1. The number of hydrogen-bond donors (Lipinski definition) is 0. The highest BCUT2D eigenvalue weighted by Crippen LogP contribution is 2.17. The molecule has 1 aliphatic rings. The van der Waals surface area contributed by atoms with Gasteiger partial charge in [-0.15, -0.1) is 11.3 Å². The summed E-state index contributed by atoms with van der Waals surface area (Å²) < 4.78 is 0. The highest BCUT2D eigenvalue weighted by Gasteiger charge is 2.08. The number of thiophene rings is 1. The maximum atomic E-state index is 10.6. The van der Waals surface area contributed by atoms with Crippen LogP contribution in [-0.4, -0.2) is 30.8 Å². The van der Waals surface area contributed by atoms with Crippen LogP contribution in [0.15, 0.2) is 12.1 Å². The van der Waals surface area contributed by atoms with E-state index in [1.165, 1.54) is 56.6 Å². The number of rotatable bonds is 5. The summed E-state index contributed by atoms with van der Waals surface area (Å²) in [5, 5.41) is 0. The van der Waals surface area contributed by atoms with Crippen molar-refractivity contribution in [2.24, 2.45) is 0 Å². The molecule has 94 valence electrons. The number of carbonyl (C=O) groups is 1. The van der Waals surface area contributed by atoms with Gasteiger partial charge in [0.25, 0.3) is 0 Å². The van der Waals surface area contributed by atoms with Crippen LogP contribution in [0.25, 0.3) is 0 Å². The lowest BCUT2D eigenvalue weighted by Gasteiger charge is -2.19. The molecule has 0 radical (unpaired) electrons. The first kappa shape index (κ1) is 12.8. The lowest BCUT2D eigenvalue weighted by atomic mass is 10.2. The van der Waals surface area contributed by atoms with Gasteiger partial charge >= 0.3 is 0 Å². The SMILES string of the molecule is O=Cc1ccc(CCCN2CCCCCC2)s1. The first-order valence-electron chi connectivity index (χ1n) is 6.65. The third-order valence-corrected chi connectivity index (χ3v) is 4.47. The minimum absolute atomic E-state index is 0.856. The van der Waals surface area contributed by atoms with Gasteiger partial charge in [-0.3, -0.25) is 4.79 Å². The Morgan fingerprint density at radius 2 is 1.94 bits per heavy atom. The Morgan fingerprint density at radius 3 is 2.59 bits per heavy atom. The summed E-state index contributed by atoms with van der Waals surface area (Å²) in [7, 11) is 0. The molecule has 17 heavy (non-hydrogen) atoms. The molecular weight excluding hydrogens is 230 g/mol. The Balaban J connectivity index is 1.69. The van der Waals surface area contributed by atoms with Crippen molar-refractivity contribution in [3.05, 3.63) is 21.9 Å². The second-order valence-electron chi connectivity index (χ2n) is 4.78. The summed E-state index contributed by atoms with van der Waals surface area (Å²) in [5.74, 6) is 0. The maximum absolute atomic E-state index is 10.6. The standard InChI is InChI=1S/C14H21NOS/c16-12-14-8-7-13(17-14)6-5-11-15-9-3-1-2-4-10-15/h7-8,12H,1-6,9-11H2. The highest BCUT2D eigenvalue weighted by atomic mass is 32.1. The zero-order valence-corrected chi connectivity index (χ0v) is 11.2. The molecule has 0 aromatic carbocycles. The highest BCUT2D eigenvalue weighted by molar-refractivity contribution is 7.13. The van der Waals surface area contributed by atoms with Crippen LogP contribution in [-0.2, 0) is 6.42 Å². The molecule has 1 aliphatic heterocycles. The molecule has 0 atom stereocenters. The van der Waals surface area contributed by atoms with Crippen LogP contribution >= 0.6 is 11.3 Å². The van der Waals surface area contributed by atoms with Gasteiger partial charge in [-0.05, 0) is 57.5 Å². The van der Waals surface area contributed by atoms with Crippen LogP contribution in [0.4, 0.5) is 0 Å². The first-order chi connectivity index (χ1) is 8.38. The van der Waals surface area contributed by atoms with E-state index in [-0.39, 0.29) is 0 Å². The maximum Gasteiger partial charge on any atom is 0.160 e. The summed E-state index contributed by atoms with van der Waals surface area (Å²) in [4.78, 5) is 15.4. The van der Waals surface area contributed by atoms with Crippen molar-refractivity contribution in [1.29, 1.82) is 0 Å². The average molecular weight is 251 g/mol. The van der Waals surface area contributed by atoms with E-state index in [1.807, 2.05) is 6.07 Å². The van der Waals surface area contributed by atoms with Crippen LogP contribution < -0.4 is 0 Å². The number of nitrogens with zero attached hydrogens (tertiary/aromatic N) is 1. The fourth-order valence-corrected chi connectivity index (χ4v) is 3.30. The summed E-state index contributed by atoms with van der Waals surface area (Å²) in [6.45, 7) is 3.78. The largest absolute Gasteiger partial charge is 0.303 e. The van der Waals surface area contributed by atoms with Gasteiger partial charge in [0.2, 0.25) is 0 Å². The molecule has 0 amide bonds. The van der Waals surface area contributed by atoms with E-state index in [9.17, 15) is 4.79 Å². The quantitative estimate of drug-likeness (QED) is 0.748. The molecule has 2 rings (SSSR count). The molecule has 2 nitrogen and oxygen atoms in total. The van der Waals surface area contributed by atoms with E-state index >= 15 is 0 Å². The molecule has 3 heteroatoms. The lowest BCUT2D eigenvalue weighted by molar-refractivity contribution is 0.112. The fraction of sp³-hybridized carbons (Fsp3) is 0.643. The Bertz CT molecular complexity index is 340. The number of likely N-dealkylation sites (tertiary alicyclic amines) is 1. The molecule has 1 fully saturated rings. The Labute approximate surface area is 108 Å². The van der Waals surface area contributed by atoms with Gasteiger partial charge < -0.3 is 4.90 Å². The molecule has 1 aromatic rings. The zero-order chi connectivity index (χ0) is 11.9. The number of carbonyl (C=O) groups excluding carboxylic acids is 1. The fourth-order valence-electron chi connectivity index (χ4n) is 2.43. The average Bonchev–Trinajstić information content (AvgIpc) is 2.65. The van der Waals surface area contributed by atoms with Crippen molar-refractivity contribution in [3.63, 3.8) is 0 Å². The normalized spacial score (nSPS) is 17.9. The van der Waals surface area contributed by atoms with Crippen molar-refractivity contribution >= 4 is 17.6 Å². The van der Waals surface area contributed by atoms with Crippen molar-refractivity contribution in [3.8, 4) is 0 Å². The topological polar surface area (TPSA) is 20.3 Å². The number of aldehydes is 1. The molecule has 0 unspecified atom stereocenters. The van der Waals surface area contributed by atoms with Crippen molar-refractivity contribution in [1.82, 2.24) is 4.90 Å². The summed E-state index contributed by atoms with van der Waals surface area (Å²) in [6.07, 6.45) is 8.84. The molecule has 0 aliphatic carbocycles. The van der Waals surface area contributed by atoms with E-state index in [1.54, 1.807) is 11.3 Å². The van der Waals surface area contributed by atoms with Crippen LogP contribution in [0.5, 0.6) is 0 Å². The third kappa shape index (κ3) is 4.25. The van der Waals surface area contributed by atoms with Gasteiger partial charge in [-0.25, -0.2) is 0 Å². The van der Waals surface area contributed by atoms with Crippen molar-refractivity contribution in [2.75, 3.05) is 19.6 Å². The van der Waals surface area contributed by atoms with Gasteiger partial charge in [-0.2, -0.15) is 0 Å². The monoisotopic (exact) mass is 251 g/mol. The van der Waals surface area contributed by atoms with Crippen molar-refractivity contribution < 1.29 is 4.79 Å². The zero-order valence-electron chi connectivity index (χ0n) is 10.4. The van der Waals surface area contributed by atoms with Crippen LogP contribution in [0.3, 0.4) is 0 Å². The van der Waals surface area contributed by atoms with Crippen LogP contribution in [0.2, 0.25) is 0 Å². The first-order valence-corrected chi connectivity index (χ1v) is 7.46. The number of hydrogen-bond acceptors (Lipinski definition) is 3. The Hall–Kier alpha value is -0.670. The minimum Gasteiger partial charge on any atom is -0.303 e. The predicted molar refractivity (Wildman–Crippen MR) is 72.9 cm³/mol. The lowest BCUT2D eigenvalue weighted by Crippen LogP contribution is -2.25. The molecule has 0 N–H and O–H groups in total. The smallest absolute Gasteiger partial charge is 0.160 e. The second kappa shape index (κ2) is 6.92. The molecule has 1 saturated heterocycles. The van der Waals surface area contributed by atoms with E-state index in [2.05, 4.69) is 11.0 Å². The van der Waals surface area contributed by atoms with E-state index in [0.717, 1.165) is 17.6 Å². The van der Waals surface area contributed by atoms with Crippen LogP contribution in [0.1, 0.15) is 46.7 Å². The molecule has 0 bridgehead atoms. The van der Waals surface area contributed by atoms with Crippen molar-refractivity contribution in [2.45, 2.75) is 38.5 Å². The summed E-state index contributed by atoms with van der Waals surface area (Å²) in [5.41, 5.74) is 0. The molecule has 0 spiro atoms. The van der Waals surface area contributed by atoms with Gasteiger partial charge in [0, 0.05) is 4.88 Å². The Morgan fingerprint density at radius 1 is 1.18 bits per heavy atom. The third-order valence-electron chi connectivity index (χ3n) is 3.39. The molecule has 2 heterocycles. The Kier molecular flexibility index (Phi) is 5.20. The minimum atomic E-state index is 0.856. The van der Waals surface area contributed by atoms with Gasteiger partial charge in [0.15, 0.2) is 6.29 Å². The summed E-state index contributed by atoms with van der Waals surface area (Å²) in [6, 6.07) is 4.02. The molecular formula is C14H21NOS. The van der Waals surface area contributed by atoms with Crippen LogP contribution in [0, 0.1) is 0 Å². The van der Waals surface area contributed by atoms with E-state index in [0.29, 0.717) is 0 Å². The van der Waals surface area contributed by atoms with E-state index < -0.39 is 0 Å². The van der Waals surface area contributed by atoms with Gasteiger partial charge in [0.05, 0.1) is 4.88 Å².